The monoisotopic (exact) mass is 302 g/mol. The Morgan fingerprint density at radius 3 is 2.71 bits per heavy atom. The smallest absolute Gasteiger partial charge is 0.307 e. The summed E-state index contributed by atoms with van der Waals surface area (Å²) in [4.78, 5) is 10.9. The Balaban J connectivity index is 2.18. The minimum absolute atomic E-state index is 0.0694. The number of carbonyl (C=O) groups is 1. The second-order valence-corrected chi connectivity index (χ2v) is 4.95. The fourth-order valence-corrected chi connectivity index (χ4v) is 2.20. The van der Waals surface area contributed by atoms with Gasteiger partial charge in [0.1, 0.15) is 12.4 Å². The van der Waals surface area contributed by atoms with Crippen molar-refractivity contribution in [2.45, 2.75) is 13.0 Å². The molecule has 0 aliphatic carbocycles. The van der Waals surface area contributed by atoms with Crippen LogP contribution < -0.4 is 4.74 Å². The van der Waals surface area contributed by atoms with Crippen molar-refractivity contribution in [1.82, 2.24) is 0 Å². The van der Waals surface area contributed by atoms with Crippen molar-refractivity contribution in [2.24, 2.45) is 0 Å². The maximum absolute atomic E-state index is 10.9. The van der Waals surface area contributed by atoms with Gasteiger partial charge in [0.15, 0.2) is 0 Å². The van der Waals surface area contributed by atoms with Crippen molar-refractivity contribution in [1.29, 1.82) is 0 Å². The van der Waals surface area contributed by atoms with Gasteiger partial charge in [0.25, 0.3) is 0 Å². The van der Waals surface area contributed by atoms with Gasteiger partial charge in [0, 0.05) is 10.6 Å². The Morgan fingerprint density at radius 2 is 2.00 bits per heavy atom. The summed E-state index contributed by atoms with van der Waals surface area (Å²) in [5, 5.41) is 9.53. The average Bonchev–Trinajstić information content (AvgIpc) is 2.46. The lowest BCUT2D eigenvalue weighted by Crippen LogP contribution is -2.04. The number of para-hydroxylation sites is 1. The molecule has 0 heterocycles. The largest absolute Gasteiger partial charge is 0.489 e. The zero-order valence-corrected chi connectivity index (χ0v) is 12.1. The molecule has 4 heteroatoms. The SMILES string of the molecule is C=Cc1ccc(Cl)cc1COc1ccccc1CC(=O)O. The molecule has 2 aromatic rings. The first kappa shape index (κ1) is 15.1. The lowest BCUT2D eigenvalue weighted by atomic mass is 10.1. The van der Waals surface area contributed by atoms with Crippen LogP contribution in [0, 0.1) is 0 Å². The van der Waals surface area contributed by atoms with Crippen LogP contribution in [0.25, 0.3) is 6.08 Å². The molecule has 0 atom stereocenters. The molecule has 0 aromatic heterocycles. The third-order valence-corrected chi connectivity index (χ3v) is 3.26. The molecule has 0 fully saturated rings. The van der Waals surface area contributed by atoms with Gasteiger partial charge in [-0.3, -0.25) is 4.79 Å². The van der Waals surface area contributed by atoms with E-state index in [0.29, 0.717) is 22.9 Å². The Bertz CT molecular complexity index is 665. The highest BCUT2D eigenvalue weighted by molar-refractivity contribution is 6.30. The van der Waals surface area contributed by atoms with Crippen LogP contribution in [-0.4, -0.2) is 11.1 Å². The molecule has 0 unspecified atom stereocenters. The van der Waals surface area contributed by atoms with Crippen molar-refractivity contribution in [3.05, 3.63) is 70.8 Å². The van der Waals surface area contributed by atoms with Crippen molar-refractivity contribution in [3.63, 3.8) is 0 Å². The molecule has 0 aliphatic rings. The second kappa shape index (κ2) is 6.95. The minimum atomic E-state index is -0.888. The molecule has 0 spiro atoms. The first-order valence-electron chi connectivity index (χ1n) is 6.43. The number of halogens is 1. The summed E-state index contributed by atoms with van der Waals surface area (Å²) in [5.74, 6) is -0.324. The fourth-order valence-electron chi connectivity index (χ4n) is 2.01. The van der Waals surface area contributed by atoms with Crippen molar-refractivity contribution >= 4 is 23.6 Å². The number of aliphatic carboxylic acids is 1. The summed E-state index contributed by atoms with van der Waals surface area (Å²) in [5.41, 5.74) is 2.49. The summed E-state index contributed by atoms with van der Waals surface area (Å²) in [7, 11) is 0. The van der Waals surface area contributed by atoms with Crippen LogP contribution in [0.1, 0.15) is 16.7 Å². The molecular weight excluding hydrogens is 288 g/mol. The normalized spacial score (nSPS) is 10.1. The van der Waals surface area contributed by atoms with Gasteiger partial charge >= 0.3 is 5.97 Å². The van der Waals surface area contributed by atoms with Crippen LogP contribution in [0.15, 0.2) is 49.0 Å². The van der Waals surface area contributed by atoms with Crippen LogP contribution in [-0.2, 0) is 17.8 Å². The molecule has 0 saturated carbocycles. The Kier molecular flexibility index (Phi) is 5.01. The Labute approximate surface area is 128 Å². The standard InChI is InChI=1S/C17H15ClO3/c1-2-12-7-8-15(18)9-14(12)11-21-16-6-4-3-5-13(16)10-17(19)20/h2-9H,1,10-11H2,(H,19,20). The summed E-state index contributed by atoms with van der Waals surface area (Å²) in [6, 6.07) is 12.6. The maximum Gasteiger partial charge on any atom is 0.307 e. The summed E-state index contributed by atoms with van der Waals surface area (Å²) < 4.78 is 5.75. The second-order valence-electron chi connectivity index (χ2n) is 4.51. The van der Waals surface area contributed by atoms with E-state index in [1.54, 1.807) is 30.3 Å². The predicted molar refractivity (Wildman–Crippen MR) is 83.7 cm³/mol. The third kappa shape index (κ3) is 4.10. The van der Waals surface area contributed by atoms with E-state index in [2.05, 4.69) is 6.58 Å². The van der Waals surface area contributed by atoms with E-state index in [0.717, 1.165) is 11.1 Å². The number of rotatable bonds is 6. The molecule has 108 valence electrons. The van der Waals surface area contributed by atoms with Crippen LogP contribution in [0.4, 0.5) is 0 Å². The van der Waals surface area contributed by atoms with Crippen molar-refractivity contribution in [3.8, 4) is 5.75 Å². The quantitative estimate of drug-likeness (QED) is 0.870. The fraction of sp³-hybridized carbons (Fsp3) is 0.118. The highest BCUT2D eigenvalue weighted by Crippen LogP contribution is 2.23. The van der Waals surface area contributed by atoms with Gasteiger partial charge in [0.05, 0.1) is 6.42 Å². The third-order valence-electron chi connectivity index (χ3n) is 3.02. The van der Waals surface area contributed by atoms with Crippen LogP contribution in [0.2, 0.25) is 5.02 Å². The minimum Gasteiger partial charge on any atom is -0.489 e. The van der Waals surface area contributed by atoms with Gasteiger partial charge in [0.2, 0.25) is 0 Å². The molecule has 0 bridgehead atoms. The van der Waals surface area contributed by atoms with E-state index in [-0.39, 0.29) is 6.42 Å². The Hall–Kier alpha value is -2.26. The first-order chi connectivity index (χ1) is 10.1. The lowest BCUT2D eigenvalue weighted by molar-refractivity contribution is -0.136. The molecule has 0 radical (unpaired) electrons. The van der Waals surface area contributed by atoms with Gasteiger partial charge < -0.3 is 9.84 Å². The van der Waals surface area contributed by atoms with E-state index in [1.165, 1.54) is 0 Å². The zero-order valence-electron chi connectivity index (χ0n) is 11.4. The van der Waals surface area contributed by atoms with Crippen molar-refractivity contribution < 1.29 is 14.6 Å². The van der Waals surface area contributed by atoms with E-state index in [1.807, 2.05) is 18.2 Å². The van der Waals surface area contributed by atoms with Gasteiger partial charge in [-0.2, -0.15) is 0 Å². The van der Waals surface area contributed by atoms with Gasteiger partial charge in [-0.1, -0.05) is 48.5 Å². The molecule has 21 heavy (non-hydrogen) atoms. The topological polar surface area (TPSA) is 46.5 Å². The van der Waals surface area contributed by atoms with E-state index in [4.69, 9.17) is 21.4 Å². The molecule has 2 rings (SSSR count). The summed E-state index contributed by atoms with van der Waals surface area (Å²) >= 11 is 5.99. The molecule has 1 N–H and O–H groups in total. The van der Waals surface area contributed by atoms with E-state index >= 15 is 0 Å². The summed E-state index contributed by atoms with van der Waals surface area (Å²) in [6.45, 7) is 4.06. The van der Waals surface area contributed by atoms with Crippen LogP contribution in [0.3, 0.4) is 0 Å². The molecule has 2 aromatic carbocycles. The van der Waals surface area contributed by atoms with Gasteiger partial charge in [-0.25, -0.2) is 0 Å². The maximum atomic E-state index is 10.9. The molecule has 3 nitrogen and oxygen atoms in total. The highest BCUT2D eigenvalue weighted by atomic mass is 35.5. The van der Waals surface area contributed by atoms with Crippen molar-refractivity contribution in [2.75, 3.05) is 0 Å². The number of benzene rings is 2. The number of carboxylic acid groups (broad SMARTS) is 1. The van der Waals surface area contributed by atoms with E-state index < -0.39 is 5.97 Å². The molecule has 0 saturated heterocycles. The van der Waals surface area contributed by atoms with Gasteiger partial charge in [-0.15, -0.1) is 0 Å². The number of carboxylic acids is 1. The molecular formula is C17H15ClO3. The lowest BCUT2D eigenvalue weighted by Gasteiger charge is -2.12. The molecule has 0 amide bonds. The number of ether oxygens (including phenoxy) is 1. The zero-order chi connectivity index (χ0) is 15.2. The molecule has 0 aliphatic heterocycles. The van der Waals surface area contributed by atoms with Crippen LogP contribution in [0.5, 0.6) is 5.75 Å². The number of hydrogen-bond donors (Lipinski definition) is 1. The highest BCUT2D eigenvalue weighted by Gasteiger charge is 2.08. The van der Waals surface area contributed by atoms with Gasteiger partial charge in [-0.05, 0) is 29.3 Å². The Morgan fingerprint density at radius 1 is 1.24 bits per heavy atom. The van der Waals surface area contributed by atoms with Crippen LogP contribution >= 0.6 is 11.6 Å². The number of hydrogen-bond acceptors (Lipinski definition) is 2. The van der Waals surface area contributed by atoms with E-state index in [9.17, 15) is 4.79 Å². The first-order valence-corrected chi connectivity index (χ1v) is 6.81. The average molecular weight is 303 g/mol. The summed E-state index contributed by atoms with van der Waals surface area (Å²) in [6.07, 6.45) is 1.66. The predicted octanol–water partition coefficient (Wildman–Crippen LogP) is 4.19.